The first-order valence-corrected chi connectivity index (χ1v) is 8.49. The van der Waals surface area contributed by atoms with Gasteiger partial charge in [0.1, 0.15) is 6.61 Å². The smallest absolute Gasteiger partial charge is 0.341 e. The zero-order valence-corrected chi connectivity index (χ0v) is 15.1. The first-order valence-electron chi connectivity index (χ1n) is 6.54. The fourth-order valence-electron chi connectivity index (χ4n) is 1.93. The molecule has 3 aromatic rings. The number of carbonyl (C=O) groups excluding carboxylic acids is 1. The van der Waals surface area contributed by atoms with Crippen LogP contribution in [0, 0.1) is 6.92 Å². The SMILES string of the molecule is Cc1cc(=O)n2nc(COC(=O)c3c(Cl)ccc(Cl)c3Cl)sc2n1. The lowest BCUT2D eigenvalue weighted by Crippen LogP contribution is -2.14. The van der Waals surface area contributed by atoms with E-state index in [9.17, 15) is 9.59 Å². The lowest BCUT2D eigenvalue weighted by atomic mass is 10.2. The predicted octanol–water partition coefficient (Wildman–Crippen LogP) is 3.78. The molecule has 3 rings (SSSR count). The van der Waals surface area contributed by atoms with Crippen molar-refractivity contribution in [1.82, 2.24) is 14.6 Å². The summed E-state index contributed by atoms with van der Waals surface area (Å²) in [6.07, 6.45) is 0. The van der Waals surface area contributed by atoms with Crippen molar-refractivity contribution in [2.24, 2.45) is 0 Å². The normalized spacial score (nSPS) is 11.0. The first kappa shape index (κ1) is 17.2. The first-order chi connectivity index (χ1) is 11.4. The molecule has 2 heterocycles. The minimum Gasteiger partial charge on any atom is -0.455 e. The molecule has 24 heavy (non-hydrogen) atoms. The topological polar surface area (TPSA) is 73.6 Å². The van der Waals surface area contributed by atoms with Gasteiger partial charge in [-0.25, -0.2) is 9.78 Å². The Morgan fingerprint density at radius 2 is 2.00 bits per heavy atom. The van der Waals surface area contributed by atoms with Crippen LogP contribution in [0.3, 0.4) is 0 Å². The molecule has 0 saturated heterocycles. The molecule has 0 saturated carbocycles. The number of aromatic nitrogens is 3. The molecule has 1 aromatic carbocycles. The van der Waals surface area contributed by atoms with Crippen molar-refractivity contribution in [3.8, 4) is 0 Å². The summed E-state index contributed by atoms with van der Waals surface area (Å²) < 4.78 is 6.32. The molecule has 0 atom stereocenters. The van der Waals surface area contributed by atoms with E-state index in [1.165, 1.54) is 18.2 Å². The molecule has 0 aliphatic heterocycles. The van der Waals surface area contributed by atoms with Crippen LogP contribution < -0.4 is 5.56 Å². The molecule has 0 amide bonds. The fraction of sp³-hybridized carbons (Fsp3) is 0.143. The number of rotatable bonds is 3. The number of aryl methyl sites for hydroxylation is 1. The predicted molar refractivity (Wildman–Crippen MR) is 92.5 cm³/mol. The van der Waals surface area contributed by atoms with Gasteiger partial charge in [0.05, 0.1) is 20.6 Å². The van der Waals surface area contributed by atoms with E-state index >= 15 is 0 Å². The van der Waals surface area contributed by atoms with E-state index < -0.39 is 5.97 Å². The zero-order chi connectivity index (χ0) is 17.4. The minimum atomic E-state index is -0.733. The average molecular weight is 405 g/mol. The summed E-state index contributed by atoms with van der Waals surface area (Å²) in [6.45, 7) is 1.56. The quantitative estimate of drug-likeness (QED) is 0.491. The highest BCUT2D eigenvalue weighted by Crippen LogP contribution is 2.32. The summed E-state index contributed by atoms with van der Waals surface area (Å²) in [5, 5.41) is 4.83. The third kappa shape index (κ3) is 3.25. The molecular formula is C14H8Cl3N3O3S. The molecule has 10 heteroatoms. The Labute approximate surface area is 154 Å². The van der Waals surface area contributed by atoms with Crippen LogP contribution in [0.15, 0.2) is 23.0 Å². The van der Waals surface area contributed by atoms with Crippen LogP contribution in [0.1, 0.15) is 21.1 Å². The zero-order valence-electron chi connectivity index (χ0n) is 12.0. The summed E-state index contributed by atoms with van der Waals surface area (Å²) in [4.78, 5) is 28.6. The summed E-state index contributed by atoms with van der Waals surface area (Å²) in [5.74, 6) is -0.733. The summed E-state index contributed by atoms with van der Waals surface area (Å²) in [7, 11) is 0. The number of benzene rings is 1. The number of hydrogen-bond acceptors (Lipinski definition) is 6. The standard InChI is InChI=1S/C14H8Cl3N3O3S/c1-6-4-10(21)20-14(18-6)24-9(19-20)5-23-13(22)11-7(15)2-3-8(16)12(11)17/h2-4H,5H2,1H3. The number of carbonyl (C=O) groups is 1. The maximum atomic E-state index is 12.2. The van der Waals surface area contributed by atoms with Crippen molar-refractivity contribution in [2.75, 3.05) is 0 Å². The Bertz CT molecular complexity index is 1020. The van der Waals surface area contributed by atoms with Crippen molar-refractivity contribution >= 4 is 57.1 Å². The van der Waals surface area contributed by atoms with Crippen molar-refractivity contribution in [3.63, 3.8) is 0 Å². The molecule has 0 N–H and O–H groups in total. The lowest BCUT2D eigenvalue weighted by molar-refractivity contribution is 0.0472. The molecule has 2 aromatic heterocycles. The molecule has 0 aliphatic rings. The second-order valence-corrected chi connectivity index (χ2v) is 6.95. The molecule has 0 aliphatic carbocycles. The molecule has 124 valence electrons. The van der Waals surface area contributed by atoms with Gasteiger partial charge in [-0.2, -0.15) is 9.61 Å². The average Bonchev–Trinajstić information content (AvgIpc) is 2.92. The number of halogens is 3. The van der Waals surface area contributed by atoms with E-state index in [-0.39, 0.29) is 32.8 Å². The van der Waals surface area contributed by atoms with Gasteiger partial charge in [-0.1, -0.05) is 46.1 Å². The van der Waals surface area contributed by atoms with Crippen molar-refractivity contribution in [2.45, 2.75) is 13.5 Å². The number of hydrogen-bond donors (Lipinski definition) is 0. The second-order valence-electron chi connectivity index (χ2n) is 4.72. The molecule has 0 unspecified atom stereocenters. The van der Waals surface area contributed by atoms with Gasteiger partial charge in [0.25, 0.3) is 5.56 Å². The second kappa shape index (κ2) is 6.68. The Kier molecular flexibility index (Phi) is 4.78. The highest BCUT2D eigenvalue weighted by molar-refractivity contribution is 7.16. The van der Waals surface area contributed by atoms with E-state index in [1.807, 2.05) is 0 Å². The van der Waals surface area contributed by atoms with E-state index in [4.69, 9.17) is 39.5 Å². The Hall–Kier alpha value is -1.67. The van der Waals surface area contributed by atoms with E-state index in [2.05, 4.69) is 10.1 Å². The summed E-state index contributed by atoms with van der Waals surface area (Å²) in [5.41, 5.74) is 0.273. The number of nitrogens with zero attached hydrogens (tertiary/aromatic N) is 3. The minimum absolute atomic E-state index is 0.0157. The highest BCUT2D eigenvalue weighted by Gasteiger charge is 2.19. The van der Waals surface area contributed by atoms with Gasteiger partial charge in [0.2, 0.25) is 4.96 Å². The maximum Gasteiger partial charge on any atom is 0.341 e. The van der Waals surface area contributed by atoms with Crippen LogP contribution in [0.4, 0.5) is 0 Å². The van der Waals surface area contributed by atoms with Crippen LogP contribution in [0.25, 0.3) is 4.96 Å². The van der Waals surface area contributed by atoms with E-state index in [1.54, 1.807) is 6.92 Å². The van der Waals surface area contributed by atoms with Gasteiger partial charge in [0, 0.05) is 11.8 Å². The van der Waals surface area contributed by atoms with Crippen LogP contribution in [0.5, 0.6) is 0 Å². The number of ether oxygens (including phenoxy) is 1. The number of esters is 1. The molecule has 0 bridgehead atoms. The molecule has 6 nitrogen and oxygen atoms in total. The van der Waals surface area contributed by atoms with Gasteiger partial charge >= 0.3 is 5.97 Å². The number of fused-ring (bicyclic) bond motifs is 1. The Morgan fingerprint density at radius 1 is 1.29 bits per heavy atom. The van der Waals surface area contributed by atoms with Crippen LogP contribution in [-0.2, 0) is 11.3 Å². The summed E-state index contributed by atoms with van der Waals surface area (Å²) >= 11 is 19.0. The van der Waals surface area contributed by atoms with E-state index in [0.29, 0.717) is 15.7 Å². The van der Waals surface area contributed by atoms with Gasteiger partial charge in [-0.15, -0.1) is 0 Å². The molecular weight excluding hydrogens is 397 g/mol. The maximum absolute atomic E-state index is 12.2. The highest BCUT2D eigenvalue weighted by atomic mass is 35.5. The fourth-order valence-corrected chi connectivity index (χ4v) is 3.47. The third-order valence-electron chi connectivity index (χ3n) is 2.99. The van der Waals surface area contributed by atoms with Gasteiger partial charge < -0.3 is 4.74 Å². The van der Waals surface area contributed by atoms with Crippen LogP contribution >= 0.6 is 46.1 Å². The van der Waals surface area contributed by atoms with Crippen molar-refractivity contribution in [3.05, 3.63) is 59.9 Å². The van der Waals surface area contributed by atoms with Crippen LogP contribution in [-0.4, -0.2) is 20.6 Å². The van der Waals surface area contributed by atoms with Gasteiger partial charge in [0.15, 0.2) is 5.01 Å². The third-order valence-corrected chi connectivity index (χ3v) is 4.99. The summed E-state index contributed by atoms with van der Waals surface area (Å²) in [6, 6.07) is 4.31. The molecule has 0 fully saturated rings. The van der Waals surface area contributed by atoms with Gasteiger partial charge in [-0.05, 0) is 19.1 Å². The largest absolute Gasteiger partial charge is 0.455 e. The Morgan fingerprint density at radius 3 is 2.75 bits per heavy atom. The molecule has 0 spiro atoms. The van der Waals surface area contributed by atoms with Crippen molar-refractivity contribution < 1.29 is 9.53 Å². The lowest BCUT2D eigenvalue weighted by Gasteiger charge is -2.07. The van der Waals surface area contributed by atoms with Crippen molar-refractivity contribution in [1.29, 1.82) is 0 Å². The monoisotopic (exact) mass is 403 g/mol. The Balaban J connectivity index is 1.84. The van der Waals surface area contributed by atoms with Crippen LogP contribution in [0.2, 0.25) is 15.1 Å². The van der Waals surface area contributed by atoms with E-state index in [0.717, 1.165) is 15.9 Å². The molecule has 0 radical (unpaired) electrons. The van der Waals surface area contributed by atoms with Gasteiger partial charge in [-0.3, -0.25) is 4.79 Å².